The van der Waals surface area contributed by atoms with Crippen molar-refractivity contribution in [3.05, 3.63) is 59.7 Å². The van der Waals surface area contributed by atoms with Gasteiger partial charge in [-0.15, -0.1) is 0 Å². The molecule has 3 aliphatic rings. The van der Waals surface area contributed by atoms with Crippen LogP contribution >= 0.6 is 0 Å². The monoisotopic (exact) mass is 588 g/mol. The highest BCUT2D eigenvalue weighted by Gasteiger charge is 2.53. The van der Waals surface area contributed by atoms with Gasteiger partial charge < -0.3 is 24.4 Å². The van der Waals surface area contributed by atoms with Crippen LogP contribution in [0.1, 0.15) is 76.0 Å². The molecule has 0 unspecified atom stereocenters. The van der Waals surface area contributed by atoms with Gasteiger partial charge in [0.25, 0.3) is 0 Å². The van der Waals surface area contributed by atoms with Crippen molar-refractivity contribution in [1.29, 1.82) is 0 Å². The number of anilines is 1. The Morgan fingerprint density at radius 3 is 2.12 bits per heavy atom. The Labute approximate surface area is 244 Å². The van der Waals surface area contributed by atoms with Gasteiger partial charge in [-0.2, -0.15) is 13.2 Å². The molecule has 5 rings (SSSR count). The highest BCUT2D eigenvalue weighted by atomic mass is 19.4. The van der Waals surface area contributed by atoms with E-state index >= 15 is 0 Å². The van der Waals surface area contributed by atoms with Crippen molar-refractivity contribution >= 4 is 17.5 Å². The lowest BCUT2D eigenvalue weighted by Gasteiger charge is -2.44. The van der Waals surface area contributed by atoms with Crippen LogP contribution in [0.3, 0.4) is 0 Å². The maximum absolute atomic E-state index is 13.9. The van der Waals surface area contributed by atoms with Crippen LogP contribution in [0.4, 0.5) is 18.9 Å². The van der Waals surface area contributed by atoms with Crippen molar-refractivity contribution in [3.63, 3.8) is 0 Å². The van der Waals surface area contributed by atoms with Gasteiger partial charge >= 0.3 is 6.18 Å². The van der Waals surface area contributed by atoms with E-state index in [1.807, 2.05) is 13.8 Å². The van der Waals surface area contributed by atoms with Crippen LogP contribution < -0.4 is 9.64 Å². The molecule has 0 aromatic heterocycles. The van der Waals surface area contributed by atoms with Crippen molar-refractivity contribution < 1.29 is 37.3 Å². The molecule has 2 aromatic carbocycles. The molecule has 1 aliphatic carbocycles. The number of rotatable bonds is 8. The number of amides is 2. The molecular formula is C32H39F3N2O5. The minimum absolute atomic E-state index is 0.0387. The quantitative estimate of drug-likeness (QED) is 0.413. The highest BCUT2D eigenvalue weighted by Crippen LogP contribution is 2.49. The van der Waals surface area contributed by atoms with E-state index < -0.39 is 23.3 Å². The number of likely N-dealkylation sites (tertiary alicyclic amines) is 1. The molecule has 2 aromatic rings. The summed E-state index contributed by atoms with van der Waals surface area (Å²) in [5.74, 6) is 0.601. The van der Waals surface area contributed by atoms with E-state index in [2.05, 4.69) is 0 Å². The van der Waals surface area contributed by atoms with E-state index in [0.717, 1.165) is 6.42 Å². The minimum atomic E-state index is -4.62. The minimum Gasteiger partial charge on any atom is -0.497 e. The van der Waals surface area contributed by atoms with Gasteiger partial charge in [-0.3, -0.25) is 9.59 Å². The number of aliphatic hydroxyl groups is 1. The molecule has 2 saturated heterocycles. The Morgan fingerprint density at radius 1 is 0.929 bits per heavy atom. The van der Waals surface area contributed by atoms with Crippen molar-refractivity contribution in [3.8, 4) is 5.75 Å². The van der Waals surface area contributed by atoms with E-state index in [4.69, 9.17) is 9.47 Å². The first-order chi connectivity index (χ1) is 19.8. The Morgan fingerprint density at radius 2 is 1.57 bits per heavy atom. The van der Waals surface area contributed by atoms with Gasteiger partial charge in [0.05, 0.1) is 24.7 Å². The molecule has 2 heterocycles. The zero-order valence-corrected chi connectivity index (χ0v) is 24.4. The average molecular weight is 589 g/mol. The molecule has 228 valence electrons. The summed E-state index contributed by atoms with van der Waals surface area (Å²) in [6, 6.07) is 12.5. The first kappa shape index (κ1) is 30.4. The molecule has 1 atom stereocenters. The van der Waals surface area contributed by atoms with Crippen molar-refractivity contribution in [2.24, 2.45) is 5.41 Å². The molecule has 1 saturated carbocycles. The number of carbonyl (C=O) groups is 2. The zero-order chi connectivity index (χ0) is 30.3. The van der Waals surface area contributed by atoms with E-state index in [0.29, 0.717) is 62.1 Å². The zero-order valence-electron chi connectivity index (χ0n) is 24.4. The van der Waals surface area contributed by atoms with Gasteiger partial charge in [-0.1, -0.05) is 24.3 Å². The fraction of sp³-hybridized carbons (Fsp3) is 0.562. The summed E-state index contributed by atoms with van der Waals surface area (Å²) in [6.07, 6.45) is -3.01. The number of methoxy groups -OCH3 is 1. The van der Waals surface area contributed by atoms with Gasteiger partial charge in [0.1, 0.15) is 5.75 Å². The summed E-state index contributed by atoms with van der Waals surface area (Å²) in [5, 5.41) is 11.4. The number of carbonyl (C=O) groups excluding carboxylic acids is 2. The molecule has 7 nitrogen and oxygen atoms in total. The van der Waals surface area contributed by atoms with Crippen LogP contribution in [0.2, 0.25) is 0 Å². The predicted octanol–water partition coefficient (Wildman–Crippen LogP) is 5.94. The first-order valence-corrected chi connectivity index (χ1v) is 14.5. The largest absolute Gasteiger partial charge is 0.497 e. The van der Waals surface area contributed by atoms with Crippen LogP contribution in [0.5, 0.6) is 5.75 Å². The lowest BCUT2D eigenvalue weighted by molar-refractivity contribution is -0.227. The second-order valence-corrected chi connectivity index (χ2v) is 12.7. The Balaban J connectivity index is 1.22. The highest BCUT2D eigenvalue weighted by molar-refractivity contribution is 6.00. The topological polar surface area (TPSA) is 79.3 Å². The van der Waals surface area contributed by atoms with E-state index in [1.165, 1.54) is 19.2 Å². The fourth-order valence-corrected chi connectivity index (χ4v) is 6.61. The standard InChI is InChI=1S/C32H39F3N2O5/c1-29(2)13-12-26(38)37(29)21-31(40)16-14-30(15-17-31)18-19-36(28(30)39)24-8-6-23(7-9-24)27(32(33,34)35)42-20-22-4-10-25(41-3)11-5-22/h4-11,27,40H,12-21H2,1-3H3/t27-,30?,31?/m1/s1. The normalized spacial score (nSPS) is 26.7. The Bertz CT molecular complexity index is 1280. The molecule has 42 heavy (non-hydrogen) atoms. The van der Waals surface area contributed by atoms with Crippen LogP contribution in [-0.2, 0) is 20.9 Å². The first-order valence-electron chi connectivity index (χ1n) is 14.5. The molecule has 0 radical (unpaired) electrons. The summed E-state index contributed by atoms with van der Waals surface area (Å²) < 4.78 is 52.2. The van der Waals surface area contributed by atoms with Crippen molar-refractivity contribution in [2.45, 2.75) is 88.8 Å². The number of ether oxygens (including phenoxy) is 2. The number of alkyl halides is 3. The molecule has 2 amide bonds. The predicted molar refractivity (Wildman–Crippen MR) is 151 cm³/mol. The van der Waals surface area contributed by atoms with Crippen molar-refractivity contribution in [1.82, 2.24) is 4.90 Å². The number of hydrogen-bond acceptors (Lipinski definition) is 5. The number of hydrogen-bond donors (Lipinski definition) is 1. The van der Waals surface area contributed by atoms with Gasteiger partial charge in [0.2, 0.25) is 11.8 Å². The van der Waals surface area contributed by atoms with Crippen LogP contribution in [0.25, 0.3) is 0 Å². The molecule has 1 spiro atoms. The number of nitrogens with zero attached hydrogens (tertiary/aromatic N) is 2. The second kappa shape index (κ2) is 11.2. The molecular weight excluding hydrogens is 549 g/mol. The van der Waals surface area contributed by atoms with Gasteiger partial charge in [-0.25, -0.2) is 0 Å². The summed E-state index contributed by atoms with van der Waals surface area (Å²) in [7, 11) is 1.51. The summed E-state index contributed by atoms with van der Waals surface area (Å²) in [6.45, 7) is 4.54. The Kier molecular flexibility index (Phi) is 8.08. The maximum Gasteiger partial charge on any atom is 0.418 e. The Hall–Kier alpha value is -3.11. The van der Waals surface area contributed by atoms with Gasteiger partial charge in [0.15, 0.2) is 6.10 Å². The molecule has 10 heteroatoms. The van der Waals surface area contributed by atoms with Crippen LogP contribution in [-0.4, -0.2) is 59.3 Å². The lowest BCUT2D eigenvalue weighted by atomic mass is 9.67. The third kappa shape index (κ3) is 6.01. The summed E-state index contributed by atoms with van der Waals surface area (Å²) >= 11 is 0. The number of halogens is 3. The van der Waals surface area contributed by atoms with Gasteiger partial charge in [0, 0.05) is 30.7 Å². The lowest BCUT2D eigenvalue weighted by Crippen LogP contribution is -2.53. The van der Waals surface area contributed by atoms with E-state index in [-0.39, 0.29) is 36.1 Å². The summed E-state index contributed by atoms with van der Waals surface area (Å²) in [5.41, 5.74) is -0.836. The summed E-state index contributed by atoms with van der Waals surface area (Å²) in [4.78, 5) is 29.5. The second-order valence-electron chi connectivity index (χ2n) is 12.7. The fourth-order valence-electron chi connectivity index (χ4n) is 6.61. The average Bonchev–Trinajstić information content (AvgIpc) is 3.40. The van der Waals surface area contributed by atoms with Crippen LogP contribution in [0.15, 0.2) is 48.5 Å². The molecule has 3 fully saturated rings. The third-order valence-corrected chi connectivity index (χ3v) is 9.47. The number of benzene rings is 2. The molecule has 1 N–H and O–H groups in total. The maximum atomic E-state index is 13.9. The van der Waals surface area contributed by atoms with Crippen LogP contribution in [0, 0.1) is 5.41 Å². The van der Waals surface area contributed by atoms with E-state index in [1.54, 1.807) is 46.2 Å². The smallest absolute Gasteiger partial charge is 0.418 e. The molecule has 0 bridgehead atoms. The van der Waals surface area contributed by atoms with Gasteiger partial charge in [-0.05, 0) is 87.8 Å². The van der Waals surface area contributed by atoms with E-state index in [9.17, 15) is 27.9 Å². The van der Waals surface area contributed by atoms with Crippen molar-refractivity contribution in [2.75, 3.05) is 25.1 Å². The molecule has 2 aliphatic heterocycles. The number of β-amino-alcohol motifs (C(OH)–C–C–N with tert-alkyl or cyclic N) is 1. The SMILES string of the molecule is COc1ccc(CO[C@H](c2ccc(N3CCC4(CCC(O)(CN5C(=O)CCC5(C)C)CC4)C3=O)cc2)C(F)(F)F)cc1. The third-order valence-electron chi connectivity index (χ3n) is 9.47.